The number of allylic oxidation sites excluding steroid dienone is 1. The van der Waals surface area contributed by atoms with Crippen LogP contribution in [0.25, 0.3) is 0 Å². The molecule has 1 amide bonds. The zero-order valence-corrected chi connectivity index (χ0v) is 8.93. The van der Waals surface area contributed by atoms with Crippen molar-refractivity contribution in [2.75, 3.05) is 6.54 Å². The minimum Gasteiger partial charge on any atom is -0.334 e. The second-order valence-electron chi connectivity index (χ2n) is 4.33. The normalized spacial score (nSPS) is 38.1. The second kappa shape index (κ2) is 3.69. The van der Waals surface area contributed by atoms with Gasteiger partial charge in [-0.2, -0.15) is 0 Å². The Kier molecular flexibility index (Phi) is 2.51. The van der Waals surface area contributed by atoms with Crippen molar-refractivity contribution < 1.29 is 4.79 Å². The molecule has 1 heterocycles. The van der Waals surface area contributed by atoms with Crippen molar-refractivity contribution in [1.82, 2.24) is 4.90 Å². The van der Waals surface area contributed by atoms with E-state index in [-0.39, 0.29) is 11.8 Å². The largest absolute Gasteiger partial charge is 0.334 e. The highest BCUT2D eigenvalue weighted by molar-refractivity contribution is 5.87. The molecule has 1 saturated heterocycles. The Morgan fingerprint density at radius 2 is 1.93 bits per heavy atom. The first-order valence-corrected chi connectivity index (χ1v) is 5.41. The summed E-state index contributed by atoms with van der Waals surface area (Å²) in [6.45, 7) is 12.0. The van der Waals surface area contributed by atoms with E-state index in [1.165, 1.54) is 0 Å². The minimum absolute atomic E-state index is 0.158. The Balaban J connectivity index is 2.19. The molecule has 0 aromatic rings. The van der Waals surface area contributed by atoms with Gasteiger partial charge in [-0.3, -0.25) is 4.79 Å². The molecule has 0 aromatic heterocycles. The SMILES string of the molecule is C=CCN1C(=O)[C@H]2[C@@H]1[C@H](C=C)C[C@@H]2C=C. The average Bonchev–Trinajstić information content (AvgIpc) is 2.60. The van der Waals surface area contributed by atoms with Gasteiger partial charge < -0.3 is 4.90 Å². The number of rotatable bonds is 4. The molecule has 2 nitrogen and oxygen atoms in total. The van der Waals surface area contributed by atoms with Crippen molar-refractivity contribution in [3.05, 3.63) is 38.0 Å². The molecule has 0 bridgehead atoms. The summed E-state index contributed by atoms with van der Waals surface area (Å²) < 4.78 is 0. The van der Waals surface area contributed by atoms with Gasteiger partial charge in [-0.15, -0.1) is 19.7 Å². The molecule has 0 radical (unpaired) electrons. The van der Waals surface area contributed by atoms with E-state index in [2.05, 4.69) is 19.7 Å². The lowest BCUT2D eigenvalue weighted by molar-refractivity contribution is -0.155. The first kappa shape index (κ1) is 10.2. The zero-order valence-electron chi connectivity index (χ0n) is 8.93. The van der Waals surface area contributed by atoms with E-state index in [0.717, 1.165) is 6.42 Å². The van der Waals surface area contributed by atoms with Crippen LogP contribution in [0.5, 0.6) is 0 Å². The number of hydrogen-bond acceptors (Lipinski definition) is 1. The molecule has 0 N–H and O–H groups in total. The molecule has 0 aromatic carbocycles. The molecule has 4 atom stereocenters. The van der Waals surface area contributed by atoms with Gasteiger partial charge in [0.05, 0.1) is 12.0 Å². The molecule has 0 unspecified atom stereocenters. The zero-order chi connectivity index (χ0) is 11.0. The summed E-state index contributed by atoms with van der Waals surface area (Å²) in [4.78, 5) is 13.8. The molecule has 1 saturated carbocycles. The molecule has 80 valence electrons. The van der Waals surface area contributed by atoms with Crippen LogP contribution in [0.2, 0.25) is 0 Å². The lowest BCUT2D eigenvalue weighted by Crippen LogP contribution is -2.61. The second-order valence-corrected chi connectivity index (χ2v) is 4.33. The summed E-state index contributed by atoms with van der Waals surface area (Å²) in [6, 6.07) is 0.344. The summed E-state index contributed by atoms with van der Waals surface area (Å²) in [5.74, 6) is 1.18. The summed E-state index contributed by atoms with van der Waals surface area (Å²) in [5.41, 5.74) is 0. The minimum atomic E-state index is 0.158. The Hall–Kier alpha value is -1.31. The van der Waals surface area contributed by atoms with E-state index < -0.39 is 0 Å². The smallest absolute Gasteiger partial charge is 0.228 e. The monoisotopic (exact) mass is 203 g/mol. The van der Waals surface area contributed by atoms with Gasteiger partial charge in [0, 0.05) is 6.54 Å². The van der Waals surface area contributed by atoms with Crippen molar-refractivity contribution >= 4 is 5.91 Å². The summed E-state index contributed by atoms with van der Waals surface area (Å²) in [6.07, 6.45) is 6.70. The Bertz CT molecular complexity index is 320. The number of β-lactam (4-membered cyclic amide) rings is 1. The molecule has 2 rings (SSSR count). The number of carbonyl (C=O) groups excluding carboxylic acids is 1. The third kappa shape index (κ3) is 1.28. The standard InChI is InChI=1S/C13H17NO/c1-4-7-14-12-10(6-3)8-9(5-2)11(12)13(14)15/h4-6,9-12H,1-3,7-8H2/t9-,10+,11+,12-/m0/s1. The third-order valence-electron chi connectivity index (χ3n) is 3.67. The van der Waals surface area contributed by atoms with Crippen molar-refractivity contribution in [3.63, 3.8) is 0 Å². The highest BCUT2D eigenvalue weighted by Crippen LogP contribution is 2.48. The maximum absolute atomic E-state index is 11.9. The lowest BCUT2D eigenvalue weighted by atomic mass is 9.82. The Morgan fingerprint density at radius 1 is 1.27 bits per heavy atom. The van der Waals surface area contributed by atoms with E-state index >= 15 is 0 Å². The number of likely N-dealkylation sites (tertiary alicyclic amines) is 1. The lowest BCUT2D eigenvalue weighted by Gasteiger charge is -2.46. The predicted molar refractivity (Wildman–Crippen MR) is 61.2 cm³/mol. The predicted octanol–water partition coefficient (Wildman–Crippen LogP) is 2.01. The first-order valence-electron chi connectivity index (χ1n) is 5.41. The summed E-state index contributed by atoms with van der Waals surface area (Å²) in [7, 11) is 0. The van der Waals surface area contributed by atoms with Crippen LogP contribution in [-0.2, 0) is 4.79 Å². The molecular formula is C13H17NO. The van der Waals surface area contributed by atoms with Crippen molar-refractivity contribution in [3.8, 4) is 0 Å². The van der Waals surface area contributed by atoms with Gasteiger partial charge in [-0.25, -0.2) is 0 Å². The van der Waals surface area contributed by atoms with Gasteiger partial charge in [0.15, 0.2) is 0 Å². The van der Waals surface area contributed by atoms with E-state index in [1.54, 1.807) is 6.08 Å². The molecule has 2 heteroatoms. The van der Waals surface area contributed by atoms with Crippen LogP contribution in [0.3, 0.4) is 0 Å². The maximum atomic E-state index is 11.9. The number of nitrogens with zero attached hydrogens (tertiary/aromatic N) is 1. The van der Waals surface area contributed by atoms with Gasteiger partial charge in [0.1, 0.15) is 0 Å². The Morgan fingerprint density at radius 3 is 2.47 bits per heavy atom. The van der Waals surface area contributed by atoms with Crippen LogP contribution in [0, 0.1) is 17.8 Å². The fraction of sp³-hybridized carbons (Fsp3) is 0.462. The molecule has 2 fully saturated rings. The fourth-order valence-electron chi connectivity index (χ4n) is 2.96. The van der Waals surface area contributed by atoms with Crippen molar-refractivity contribution in [1.29, 1.82) is 0 Å². The average molecular weight is 203 g/mol. The summed E-state index contributed by atoms with van der Waals surface area (Å²) >= 11 is 0. The van der Waals surface area contributed by atoms with Crippen LogP contribution in [-0.4, -0.2) is 23.4 Å². The maximum Gasteiger partial charge on any atom is 0.228 e. The molecule has 15 heavy (non-hydrogen) atoms. The molecule has 1 aliphatic heterocycles. The highest BCUT2D eigenvalue weighted by Gasteiger charge is 2.57. The molecule has 1 aliphatic carbocycles. The van der Waals surface area contributed by atoms with Crippen molar-refractivity contribution in [2.24, 2.45) is 17.8 Å². The van der Waals surface area contributed by atoms with Crippen LogP contribution < -0.4 is 0 Å². The summed E-state index contributed by atoms with van der Waals surface area (Å²) in [5, 5.41) is 0. The van der Waals surface area contributed by atoms with E-state index in [9.17, 15) is 4.79 Å². The number of amides is 1. The van der Waals surface area contributed by atoms with Gasteiger partial charge in [0.2, 0.25) is 5.91 Å². The molecular weight excluding hydrogens is 186 g/mol. The molecule has 2 aliphatic rings. The Labute approximate surface area is 91.0 Å². The topological polar surface area (TPSA) is 20.3 Å². The van der Waals surface area contributed by atoms with Gasteiger partial charge >= 0.3 is 0 Å². The van der Waals surface area contributed by atoms with E-state index in [1.807, 2.05) is 17.1 Å². The highest BCUT2D eigenvalue weighted by atomic mass is 16.2. The van der Waals surface area contributed by atoms with Crippen LogP contribution in [0.15, 0.2) is 38.0 Å². The number of fused-ring (bicyclic) bond motifs is 1. The van der Waals surface area contributed by atoms with Crippen molar-refractivity contribution in [2.45, 2.75) is 12.5 Å². The van der Waals surface area contributed by atoms with E-state index in [0.29, 0.717) is 24.4 Å². The molecule has 0 spiro atoms. The van der Waals surface area contributed by atoms with Crippen LogP contribution in [0.4, 0.5) is 0 Å². The fourth-order valence-corrected chi connectivity index (χ4v) is 2.96. The third-order valence-corrected chi connectivity index (χ3v) is 3.67. The number of carbonyl (C=O) groups is 1. The van der Waals surface area contributed by atoms with Crippen LogP contribution in [0.1, 0.15) is 6.42 Å². The van der Waals surface area contributed by atoms with Gasteiger partial charge in [-0.05, 0) is 18.3 Å². The van der Waals surface area contributed by atoms with Gasteiger partial charge in [0.25, 0.3) is 0 Å². The number of hydrogen-bond donors (Lipinski definition) is 0. The quantitative estimate of drug-likeness (QED) is 0.505. The first-order chi connectivity index (χ1) is 7.24. The van der Waals surface area contributed by atoms with Gasteiger partial charge in [-0.1, -0.05) is 18.2 Å². The van der Waals surface area contributed by atoms with Crippen LogP contribution >= 0.6 is 0 Å². The van der Waals surface area contributed by atoms with E-state index in [4.69, 9.17) is 0 Å².